The Bertz CT molecular complexity index is 711. The summed E-state index contributed by atoms with van der Waals surface area (Å²) in [6.45, 7) is 2.90. The average Bonchev–Trinajstić information content (AvgIpc) is 2.75. The van der Waals surface area contributed by atoms with Gasteiger partial charge in [0, 0.05) is 6.20 Å². The molecule has 0 aromatic carbocycles. The molecule has 2 aromatic heterocycles. The van der Waals surface area contributed by atoms with Crippen LogP contribution < -0.4 is 5.32 Å². The standard InChI is InChI=1S/C14H11N3O3/c1-8(18)12-9(2)20-14(10(12)7-15)17-13(19)11-5-3-4-6-16-11/h3-6H,1-2H3,(H,17,19). The highest BCUT2D eigenvalue weighted by Crippen LogP contribution is 2.27. The van der Waals surface area contributed by atoms with Crippen LogP contribution in [0.1, 0.15) is 39.1 Å². The van der Waals surface area contributed by atoms with Crippen LogP contribution in [0.2, 0.25) is 0 Å². The molecule has 100 valence electrons. The minimum Gasteiger partial charge on any atom is -0.443 e. The summed E-state index contributed by atoms with van der Waals surface area (Å²) in [7, 11) is 0. The molecule has 6 nitrogen and oxygen atoms in total. The number of nitrogens with one attached hydrogen (secondary N) is 1. The van der Waals surface area contributed by atoms with Crippen molar-refractivity contribution in [2.24, 2.45) is 0 Å². The van der Waals surface area contributed by atoms with Crippen LogP contribution in [0, 0.1) is 18.3 Å². The number of furan rings is 1. The molecule has 0 bridgehead atoms. The molecular formula is C14H11N3O3. The second kappa shape index (κ2) is 5.36. The van der Waals surface area contributed by atoms with Gasteiger partial charge in [0.05, 0.1) is 5.56 Å². The van der Waals surface area contributed by atoms with Gasteiger partial charge in [-0.3, -0.25) is 19.9 Å². The highest BCUT2D eigenvalue weighted by molar-refractivity contribution is 6.05. The molecule has 0 spiro atoms. The zero-order chi connectivity index (χ0) is 14.7. The number of Topliss-reactive ketones (excluding diaryl/α,β-unsaturated/α-hetero) is 1. The molecule has 0 aliphatic carbocycles. The van der Waals surface area contributed by atoms with E-state index in [1.807, 2.05) is 6.07 Å². The van der Waals surface area contributed by atoms with Crippen molar-refractivity contribution in [1.29, 1.82) is 5.26 Å². The molecule has 0 atom stereocenters. The fourth-order valence-electron chi connectivity index (χ4n) is 1.83. The molecule has 0 aliphatic heterocycles. The Morgan fingerprint density at radius 3 is 2.70 bits per heavy atom. The van der Waals surface area contributed by atoms with Gasteiger partial charge in [0.1, 0.15) is 23.1 Å². The van der Waals surface area contributed by atoms with Crippen molar-refractivity contribution < 1.29 is 14.0 Å². The van der Waals surface area contributed by atoms with E-state index in [1.165, 1.54) is 19.2 Å². The molecule has 0 saturated carbocycles. The van der Waals surface area contributed by atoms with Gasteiger partial charge in [-0.2, -0.15) is 5.26 Å². The van der Waals surface area contributed by atoms with E-state index in [9.17, 15) is 9.59 Å². The SMILES string of the molecule is CC(=O)c1c(C)oc(NC(=O)c2ccccn2)c1C#N. The lowest BCUT2D eigenvalue weighted by molar-refractivity contribution is 0.100. The number of anilines is 1. The second-order valence-corrected chi connectivity index (χ2v) is 4.07. The Balaban J connectivity index is 2.36. The zero-order valence-electron chi connectivity index (χ0n) is 10.9. The van der Waals surface area contributed by atoms with E-state index in [0.717, 1.165) is 0 Å². The number of ketones is 1. The molecular weight excluding hydrogens is 258 g/mol. The van der Waals surface area contributed by atoms with Crippen LogP contribution in [0.3, 0.4) is 0 Å². The molecule has 0 aliphatic rings. The molecule has 0 radical (unpaired) electrons. The average molecular weight is 269 g/mol. The largest absolute Gasteiger partial charge is 0.443 e. The number of nitrogens with zero attached hydrogens (tertiary/aromatic N) is 2. The quantitative estimate of drug-likeness (QED) is 0.862. The number of hydrogen-bond acceptors (Lipinski definition) is 5. The number of aromatic nitrogens is 1. The zero-order valence-corrected chi connectivity index (χ0v) is 10.9. The summed E-state index contributed by atoms with van der Waals surface area (Å²) in [4.78, 5) is 27.3. The summed E-state index contributed by atoms with van der Waals surface area (Å²) in [6.07, 6.45) is 1.48. The topological polar surface area (TPSA) is 96.0 Å². The van der Waals surface area contributed by atoms with E-state index in [-0.39, 0.29) is 28.5 Å². The lowest BCUT2D eigenvalue weighted by Gasteiger charge is -2.01. The first-order chi connectivity index (χ1) is 9.54. The fraction of sp³-hybridized carbons (Fsp3) is 0.143. The van der Waals surface area contributed by atoms with Crippen LogP contribution in [-0.4, -0.2) is 16.7 Å². The lowest BCUT2D eigenvalue weighted by Crippen LogP contribution is -2.13. The minimum absolute atomic E-state index is 0.0271. The molecule has 6 heteroatoms. The minimum atomic E-state index is -0.508. The number of amides is 1. The summed E-state index contributed by atoms with van der Waals surface area (Å²) in [5.41, 5.74) is 0.401. The maximum Gasteiger partial charge on any atom is 0.276 e. The van der Waals surface area contributed by atoms with Gasteiger partial charge in [-0.15, -0.1) is 0 Å². The summed E-state index contributed by atoms with van der Waals surface area (Å²) in [6, 6.07) is 6.76. The van der Waals surface area contributed by atoms with Gasteiger partial charge in [-0.25, -0.2) is 0 Å². The number of carbonyl (C=O) groups is 2. The van der Waals surface area contributed by atoms with E-state index in [0.29, 0.717) is 5.76 Å². The Kier molecular flexibility index (Phi) is 3.62. The Hall–Kier alpha value is -2.94. The Morgan fingerprint density at radius 2 is 2.15 bits per heavy atom. The number of nitriles is 1. The number of rotatable bonds is 3. The van der Waals surface area contributed by atoms with Crippen molar-refractivity contribution in [3.05, 3.63) is 47.0 Å². The van der Waals surface area contributed by atoms with Gasteiger partial charge in [0.2, 0.25) is 5.88 Å². The van der Waals surface area contributed by atoms with Crippen LogP contribution in [-0.2, 0) is 0 Å². The molecule has 1 amide bonds. The van der Waals surface area contributed by atoms with Crippen LogP contribution >= 0.6 is 0 Å². The van der Waals surface area contributed by atoms with Crippen LogP contribution in [0.15, 0.2) is 28.8 Å². The molecule has 2 aromatic rings. The molecule has 2 heterocycles. The van der Waals surface area contributed by atoms with Gasteiger partial charge < -0.3 is 4.42 Å². The predicted molar refractivity (Wildman–Crippen MR) is 70.4 cm³/mol. The summed E-state index contributed by atoms with van der Waals surface area (Å²) in [5.74, 6) is -0.539. The molecule has 20 heavy (non-hydrogen) atoms. The van der Waals surface area contributed by atoms with Crippen molar-refractivity contribution in [1.82, 2.24) is 4.98 Å². The Labute approximate surface area is 115 Å². The van der Waals surface area contributed by atoms with Crippen molar-refractivity contribution in [3.63, 3.8) is 0 Å². The molecule has 0 saturated heterocycles. The van der Waals surface area contributed by atoms with E-state index in [4.69, 9.17) is 9.68 Å². The first-order valence-corrected chi connectivity index (χ1v) is 5.81. The molecule has 0 unspecified atom stereocenters. The highest BCUT2D eigenvalue weighted by atomic mass is 16.4. The van der Waals surface area contributed by atoms with Gasteiger partial charge >= 0.3 is 0 Å². The molecule has 1 N–H and O–H groups in total. The maximum atomic E-state index is 11.9. The third-order valence-electron chi connectivity index (χ3n) is 2.67. The van der Waals surface area contributed by atoms with E-state index >= 15 is 0 Å². The van der Waals surface area contributed by atoms with Gasteiger partial charge in [0.25, 0.3) is 5.91 Å². The first kappa shape index (κ1) is 13.5. The van der Waals surface area contributed by atoms with E-state index in [2.05, 4.69) is 10.3 Å². The number of hydrogen-bond donors (Lipinski definition) is 1. The summed E-state index contributed by atoms with van der Waals surface area (Å²) in [5, 5.41) is 11.6. The molecule has 2 rings (SSSR count). The van der Waals surface area contributed by atoms with Crippen molar-refractivity contribution in [2.75, 3.05) is 5.32 Å². The summed E-state index contributed by atoms with van der Waals surface area (Å²) < 4.78 is 5.29. The van der Waals surface area contributed by atoms with Gasteiger partial charge in [-0.05, 0) is 26.0 Å². The normalized spacial score (nSPS) is 9.85. The van der Waals surface area contributed by atoms with Crippen molar-refractivity contribution >= 4 is 17.6 Å². The van der Waals surface area contributed by atoms with Crippen LogP contribution in [0.25, 0.3) is 0 Å². The lowest BCUT2D eigenvalue weighted by atomic mass is 10.1. The van der Waals surface area contributed by atoms with E-state index < -0.39 is 5.91 Å². The van der Waals surface area contributed by atoms with Gasteiger partial charge in [0.15, 0.2) is 5.78 Å². The van der Waals surface area contributed by atoms with E-state index in [1.54, 1.807) is 19.1 Å². The maximum absolute atomic E-state index is 11.9. The van der Waals surface area contributed by atoms with Crippen molar-refractivity contribution in [3.8, 4) is 6.07 Å². The smallest absolute Gasteiger partial charge is 0.276 e. The second-order valence-electron chi connectivity index (χ2n) is 4.07. The predicted octanol–water partition coefficient (Wildman–Crippen LogP) is 2.31. The number of carbonyl (C=O) groups excluding carboxylic acids is 2. The molecule has 0 fully saturated rings. The van der Waals surface area contributed by atoms with Crippen LogP contribution in [0.5, 0.6) is 0 Å². The third-order valence-corrected chi connectivity index (χ3v) is 2.67. The number of pyridine rings is 1. The Morgan fingerprint density at radius 1 is 1.40 bits per heavy atom. The number of aryl methyl sites for hydroxylation is 1. The third kappa shape index (κ3) is 2.42. The summed E-state index contributed by atoms with van der Waals surface area (Å²) >= 11 is 0. The first-order valence-electron chi connectivity index (χ1n) is 5.81. The van der Waals surface area contributed by atoms with Crippen LogP contribution in [0.4, 0.5) is 5.88 Å². The van der Waals surface area contributed by atoms with Crippen molar-refractivity contribution in [2.45, 2.75) is 13.8 Å². The fourth-order valence-corrected chi connectivity index (χ4v) is 1.83. The van der Waals surface area contributed by atoms with Gasteiger partial charge in [-0.1, -0.05) is 6.07 Å². The highest BCUT2D eigenvalue weighted by Gasteiger charge is 2.22. The monoisotopic (exact) mass is 269 g/mol.